The second kappa shape index (κ2) is 8.84. The van der Waals surface area contributed by atoms with E-state index in [1.807, 2.05) is 6.29 Å². The van der Waals surface area contributed by atoms with Gasteiger partial charge in [0.15, 0.2) is 6.29 Å². The average molecular weight is 357 g/mol. The SMILES string of the molecule is O=[C]CCCN1CCN(C(=O)OCc2ccccc2C(F)(F)F)CC1. The molecular weight excluding hydrogens is 337 g/mol. The van der Waals surface area contributed by atoms with E-state index in [0.717, 1.165) is 19.0 Å². The average Bonchev–Trinajstić information content (AvgIpc) is 2.60. The van der Waals surface area contributed by atoms with Gasteiger partial charge in [0.1, 0.15) is 6.61 Å². The third-order valence-corrected chi connectivity index (χ3v) is 4.06. The first-order chi connectivity index (χ1) is 11.9. The van der Waals surface area contributed by atoms with Crippen LogP contribution in [0, 0.1) is 0 Å². The summed E-state index contributed by atoms with van der Waals surface area (Å²) in [4.78, 5) is 25.8. The van der Waals surface area contributed by atoms with Crippen LogP contribution in [0.3, 0.4) is 0 Å². The highest BCUT2D eigenvalue weighted by molar-refractivity contribution is 5.67. The Morgan fingerprint density at radius 3 is 2.48 bits per heavy atom. The first kappa shape index (κ1) is 19.2. The summed E-state index contributed by atoms with van der Waals surface area (Å²) < 4.78 is 43.8. The summed E-state index contributed by atoms with van der Waals surface area (Å²) in [6, 6.07) is 5.06. The molecule has 0 bridgehead atoms. The number of carbonyl (C=O) groups excluding carboxylic acids is 2. The van der Waals surface area contributed by atoms with Gasteiger partial charge >= 0.3 is 12.3 Å². The van der Waals surface area contributed by atoms with Crippen molar-refractivity contribution in [2.75, 3.05) is 32.7 Å². The van der Waals surface area contributed by atoms with Gasteiger partial charge in [0.2, 0.25) is 0 Å². The molecule has 1 aromatic rings. The number of hydrogen-bond acceptors (Lipinski definition) is 4. The molecule has 5 nitrogen and oxygen atoms in total. The first-order valence-corrected chi connectivity index (χ1v) is 8.06. The number of nitrogens with zero attached hydrogens (tertiary/aromatic N) is 2. The van der Waals surface area contributed by atoms with Crippen LogP contribution in [0.25, 0.3) is 0 Å². The zero-order valence-electron chi connectivity index (χ0n) is 13.7. The lowest BCUT2D eigenvalue weighted by atomic mass is 10.1. The molecule has 1 radical (unpaired) electrons. The van der Waals surface area contributed by atoms with E-state index in [1.165, 1.54) is 23.1 Å². The number of unbranched alkanes of at least 4 members (excludes halogenated alkanes) is 1. The molecule has 1 aromatic carbocycles. The Morgan fingerprint density at radius 2 is 1.84 bits per heavy atom. The molecule has 0 aromatic heterocycles. The molecule has 0 atom stereocenters. The standard InChI is InChI=1S/C17H20F3N2O3/c18-17(19,20)15-6-2-1-5-14(15)13-25-16(24)22-10-8-21(9-11-22)7-3-4-12-23/h1-2,5-6H,3-4,7-11,13H2. The maximum absolute atomic E-state index is 12.9. The fraction of sp³-hybridized carbons (Fsp3) is 0.529. The lowest BCUT2D eigenvalue weighted by Crippen LogP contribution is -2.49. The zero-order chi connectivity index (χ0) is 18.3. The van der Waals surface area contributed by atoms with E-state index in [2.05, 4.69) is 4.90 Å². The smallest absolute Gasteiger partial charge is 0.416 e. The molecule has 8 heteroatoms. The van der Waals surface area contributed by atoms with Gasteiger partial charge in [-0.25, -0.2) is 4.79 Å². The predicted molar refractivity (Wildman–Crippen MR) is 84.6 cm³/mol. The molecule has 0 N–H and O–H groups in total. The van der Waals surface area contributed by atoms with Gasteiger partial charge < -0.3 is 9.64 Å². The van der Waals surface area contributed by atoms with Crippen molar-refractivity contribution in [1.82, 2.24) is 9.80 Å². The molecule has 0 unspecified atom stereocenters. The van der Waals surface area contributed by atoms with Crippen molar-refractivity contribution in [2.45, 2.75) is 25.6 Å². The highest BCUT2D eigenvalue weighted by atomic mass is 19.4. The van der Waals surface area contributed by atoms with Crippen molar-refractivity contribution in [3.63, 3.8) is 0 Å². The van der Waals surface area contributed by atoms with E-state index in [4.69, 9.17) is 4.74 Å². The molecule has 25 heavy (non-hydrogen) atoms. The van der Waals surface area contributed by atoms with Gasteiger partial charge in [-0.3, -0.25) is 9.69 Å². The van der Waals surface area contributed by atoms with Crippen LogP contribution in [-0.2, 0) is 22.3 Å². The van der Waals surface area contributed by atoms with E-state index < -0.39 is 24.4 Å². The Hall–Kier alpha value is -2.09. The second-order valence-corrected chi connectivity index (χ2v) is 5.79. The Balaban J connectivity index is 1.81. The van der Waals surface area contributed by atoms with Gasteiger partial charge in [0.25, 0.3) is 0 Å². The van der Waals surface area contributed by atoms with Crippen LogP contribution in [0.5, 0.6) is 0 Å². The predicted octanol–water partition coefficient (Wildman–Crippen LogP) is 2.85. The summed E-state index contributed by atoms with van der Waals surface area (Å²) >= 11 is 0. The summed E-state index contributed by atoms with van der Waals surface area (Å²) in [6.07, 6.45) is -2.14. The number of carbonyl (C=O) groups is 1. The van der Waals surface area contributed by atoms with Crippen molar-refractivity contribution in [3.8, 4) is 0 Å². The Labute approximate surface area is 144 Å². The van der Waals surface area contributed by atoms with Crippen molar-refractivity contribution in [2.24, 2.45) is 0 Å². The highest BCUT2D eigenvalue weighted by Crippen LogP contribution is 2.32. The van der Waals surface area contributed by atoms with Crippen molar-refractivity contribution in [3.05, 3.63) is 35.4 Å². The minimum absolute atomic E-state index is 0.0629. The fourth-order valence-corrected chi connectivity index (χ4v) is 2.68. The molecule has 1 amide bonds. The third kappa shape index (κ3) is 5.74. The number of ether oxygens (including phenoxy) is 1. The molecule has 1 aliphatic heterocycles. The molecule has 0 aliphatic carbocycles. The Kier molecular flexibility index (Phi) is 6.81. The van der Waals surface area contributed by atoms with E-state index in [0.29, 0.717) is 32.6 Å². The van der Waals surface area contributed by atoms with Crippen LogP contribution < -0.4 is 0 Å². The minimum atomic E-state index is -4.48. The van der Waals surface area contributed by atoms with E-state index >= 15 is 0 Å². The van der Waals surface area contributed by atoms with Crippen LogP contribution in [0.1, 0.15) is 24.0 Å². The molecular formula is C17H20F3N2O3. The van der Waals surface area contributed by atoms with Gasteiger partial charge in [-0.2, -0.15) is 13.2 Å². The molecule has 1 aliphatic rings. The van der Waals surface area contributed by atoms with Crippen LogP contribution in [0.15, 0.2) is 24.3 Å². The minimum Gasteiger partial charge on any atom is -0.445 e. The third-order valence-electron chi connectivity index (χ3n) is 4.06. The molecule has 2 rings (SSSR count). The van der Waals surface area contributed by atoms with Crippen molar-refractivity contribution in [1.29, 1.82) is 0 Å². The van der Waals surface area contributed by atoms with Gasteiger partial charge in [0.05, 0.1) is 5.56 Å². The quantitative estimate of drug-likeness (QED) is 0.735. The number of hydrogen-bond donors (Lipinski definition) is 0. The largest absolute Gasteiger partial charge is 0.445 e. The molecule has 0 saturated carbocycles. The zero-order valence-corrected chi connectivity index (χ0v) is 13.7. The summed E-state index contributed by atoms with van der Waals surface area (Å²) in [5, 5.41) is 0. The van der Waals surface area contributed by atoms with Crippen LogP contribution >= 0.6 is 0 Å². The van der Waals surface area contributed by atoms with Crippen LogP contribution in [0.4, 0.5) is 18.0 Å². The molecule has 1 saturated heterocycles. The van der Waals surface area contributed by atoms with E-state index in [-0.39, 0.29) is 5.56 Å². The number of alkyl halides is 3. The Bertz CT molecular complexity index is 585. The fourth-order valence-electron chi connectivity index (χ4n) is 2.68. The van der Waals surface area contributed by atoms with Crippen molar-refractivity contribution >= 4 is 12.4 Å². The van der Waals surface area contributed by atoms with Gasteiger partial charge in [0, 0.05) is 38.2 Å². The van der Waals surface area contributed by atoms with E-state index in [1.54, 1.807) is 0 Å². The monoisotopic (exact) mass is 357 g/mol. The lowest BCUT2D eigenvalue weighted by molar-refractivity contribution is -0.138. The maximum atomic E-state index is 12.9. The number of amides is 1. The number of rotatable bonds is 6. The summed E-state index contributed by atoms with van der Waals surface area (Å²) in [5.74, 6) is 0. The second-order valence-electron chi connectivity index (χ2n) is 5.79. The molecule has 137 valence electrons. The van der Waals surface area contributed by atoms with Gasteiger partial charge in [-0.1, -0.05) is 18.2 Å². The normalized spacial score (nSPS) is 15.9. The van der Waals surface area contributed by atoms with Crippen molar-refractivity contribution < 1.29 is 27.5 Å². The highest BCUT2D eigenvalue weighted by Gasteiger charge is 2.33. The van der Waals surface area contributed by atoms with Gasteiger partial charge in [-0.05, 0) is 19.0 Å². The number of piperazine rings is 1. The van der Waals surface area contributed by atoms with Crippen LogP contribution in [-0.4, -0.2) is 54.9 Å². The summed E-state index contributed by atoms with van der Waals surface area (Å²) in [5.41, 5.74) is -0.855. The molecule has 0 spiro atoms. The topological polar surface area (TPSA) is 49.9 Å². The Morgan fingerprint density at radius 1 is 1.16 bits per heavy atom. The summed E-state index contributed by atoms with van der Waals surface area (Å²) in [6.45, 7) is 2.54. The van der Waals surface area contributed by atoms with Crippen LogP contribution in [0.2, 0.25) is 0 Å². The molecule has 1 heterocycles. The lowest BCUT2D eigenvalue weighted by Gasteiger charge is -2.34. The van der Waals surface area contributed by atoms with E-state index in [9.17, 15) is 22.8 Å². The number of halogens is 3. The van der Waals surface area contributed by atoms with Gasteiger partial charge in [-0.15, -0.1) is 0 Å². The summed E-state index contributed by atoms with van der Waals surface area (Å²) in [7, 11) is 0. The number of benzene rings is 1. The first-order valence-electron chi connectivity index (χ1n) is 8.06. The molecule has 1 fully saturated rings. The maximum Gasteiger partial charge on any atom is 0.416 e.